The Morgan fingerprint density at radius 2 is 1.70 bits per heavy atom. The molecule has 2 unspecified atom stereocenters. The van der Waals surface area contributed by atoms with E-state index in [-0.39, 0.29) is 11.8 Å². The second-order valence-electron chi connectivity index (χ2n) is 3.82. The van der Waals surface area contributed by atoms with Gasteiger partial charge in [0.1, 0.15) is 0 Å². The Hall–Kier alpha value is 1.53. The lowest BCUT2D eigenvalue weighted by atomic mass is 10.5. The van der Waals surface area contributed by atoms with Gasteiger partial charge in [-0.2, -0.15) is 60.5 Å². The lowest BCUT2D eigenvalue weighted by molar-refractivity contribution is 0.322. The minimum absolute atomic E-state index is 0.197. The second kappa shape index (κ2) is 15.4. The van der Waals surface area contributed by atoms with E-state index in [1.165, 1.54) is 11.8 Å². The zero-order valence-corrected chi connectivity index (χ0v) is 16.4. The van der Waals surface area contributed by atoms with Gasteiger partial charge in [0.05, 0.1) is 6.61 Å². The van der Waals surface area contributed by atoms with Crippen molar-refractivity contribution in [2.24, 2.45) is 5.73 Å². The molecule has 0 saturated carbocycles. The van der Waals surface area contributed by atoms with E-state index < -0.39 is 0 Å². The second-order valence-corrected chi connectivity index (χ2v) is 9.58. The summed E-state index contributed by atoms with van der Waals surface area (Å²) in [6, 6.07) is 0. The van der Waals surface area contributed by atoms with E-state index in [9.17, 15) is 0 Å². The van der Waals surface area contributed by atoms with Crippen LogP contribution in [0.5, 0.6) is 0 Å². The minimum atomic E-state index is 0.197. The van der Waals surface area contributed by atoms with Gasteiger partial charge in [-0.15, -0.1) is 0 Å². The van der Waals surface area contributed by atoms with Crippen LogP contribution in [0.4, 0.5) is 0 Å². The summed E-state index contributed by atoms with van der Waals surface area (Å²) in [5, 5.41) is 17.2. The molecule has 0 saturated heterocycles. The molecule has 9 heteroatoms. The predicted molar refractivity (Wildman–Crippen MR) is 109 cm³/mol. The maximum absolute atomic E-state index is 8.85. The van der Waals surface area contributed by atoms with Crippen LogP contribution >= 0.6 is 72.3 Å². The molecule has 4 N–H and O–H groups in total. The number of aliphatic hydroxyl groups excluding tert-OH is 1. The molecule has 20 heavy (non-hydrogen) atoms. The first-order valence-electron chi connectivity index (χ1n) is 6.24. The summed E-state index contributed by atoms with van der Waals surface area (Å²) < 4.78 is 0. The molecule has 0 aromatic rings. The third-order valence-corrected chi connectivity index (χ3v) is 8.69. The van der Waals surface area contributed by atoms with E-state index in [0.717, 1.165) is 40.3 Å². The molecule has 0 fully saturated rings. The van der Waals surface area contributed by atoms with Gasteiger partial charge in [-0.25, -0.2) is 0 Å². The molecule has 0 aliphatic carbocycles. The molecule has 2 atom stereocenters. The van der Waals surface area contributed by atoms with E-state index in [0.29, 0.717) is 10.5 Å². The molecule has 0 amide bonds. The lowest BCUT2D eigenvalue weighted by Crippen LogP contribution is -2.17. The summed E-state index contributed by atoms with van der Waals surface area (Å²) in [5.74, 6) is 6.56. The van der Waals surface area contributed by atoms with Crippen LogP contribution in [0, 0.1) is 5.41 Å². The predicted octanol–water partition coefficient (Wildman–Crippen LogP) is 2.40. The zero-order valence-electron chi connectivity index (χ0n) is 11.4. The summed E-state index contributed by atoms with van der Waals surface area (Å²) in [5.41, 5.74) is 5.29. The number of thioether (sulfide) groups is 4. The van der Waals surface area contributed by atoms with Crippen molar-refractivity contribution >= 4 is 77.5 Å². The third kappa shape index (κ3) is 13.2. The van der Waals surface area contributed by atoms with Crippen LogP contribution in [0.25, 0.3) is 0 Å². The molecule has 0 aromatic heterocycles. The van der Waals surface area contributed by atoms with Gasteiger partial charge in [0.15, 0.2) is 5.17 Å². The summed E-state index contributed by atoms with van der Waals surface area (Å²) in [6.45, 7) is 0.235. The average Bonchev–Trinajstić information content (AvgIpc) is 2.44. The van der Waals surface area contributed by atoms with Crippen molar-refractivity contribution in [2.45, 2.75) is 10.5 Å². The van der Waals surface area contributed by atoms with Crippen LogP contribution < -0.4 is 5.73 Å². The number of hydrogen-bond acceptors (Lipinski definition) is 8. The maximum Gasteiger partial charge on any atom is 0.151 e. The summed E-state index contributed by atoms with van der Waals surface area (Å²) in [4.78, 5) is 0. The van der Waals surface area contributed by atoms with E-state index in [1.807, 2.05) is 23.5 Å². The SMILES string of the molecule is N=C(N)SCCSCC(CS)SCC(CS)SCCO. The monoisotopic (exact) mass is 392 g/mol. The minimum Gasteiger partial charge on any atom is -0.396 e. The van der Waals surface area contributed by atoms with Crippen LogP contribution in [-0.2, 0) is 0 Å². The van der Waals surface area contributed by atoms with Crippen LogP contribution in [-0.4, -0.2) is 67.7 Å². The van der Waals surface area contributed by atoms with E-state index in [2.05, 4.69) is 25.3 Å². The molecule has 0 heterocycles. The molecule has 3 nitrogen and oxygen atoms in total. The van der Waals surface area contributed by atoms with Crippen molar-refractivity contribution in [3.8, 4) is 0 Å². The van der Waals surface area contributed by atoms with E-state index in [4.69, 9.17) is 16.2 Å². The van der Waals surface area contributed by atoms with Crippen LogP contribution in [0.2, 0.25) is 0 Å². The first-order valence-corrected chi connectivity index (χ1v) is 11.7. The normalized spacial score (nSPS) is 14.2. The molecule has 120 valence electrons. The lowest BCUT2D eigenvalue weighted by Gasteiger charge is -2.18. The van der Waals surface area contributed by atoms with Gasteiger partial charge in [0, 0.05) is 50.8 Å². The smallest absolute Gasteiger partial charge is 0.151 e. The van der Waals surface area contributed by atoms with Gasteiger partial charge in [-0.3, -0.25) is 5.41 Å². The van der Waals surface area contributed by atoms with E-state index in [1.54, 1.807) is 11.8 Å². The van der Waals surface area contributed by atoms with Gasteiger partial charge in [-0.05, 0) is 0 Å². The van der Waals surface area contributed by atoms with Crippen LogP contribution in [0.3, 0.4) is 0 Å². The Bertz CT molecular complexity index is 247. The zero-order chi connectivity index (χ0) is 15.2. The van der Waals surface area contributed by atoms with Crippen molar-refractivity contribution in [3.63, 3.8) is 0 Å². The molecule has 0 radical (unpaired) electrons. The van der Waals surface area contributed by atoms with Crippen molar-refractivity contribution in [1.82, 2.24) is 0 Å². The third-order valence-electron chi connectivity index (χ3n) is 2.16. The fourth-order valence-electron chi connectivity index (χ4n) is 1.20. The first-order chi connectivity index (χ1) is 9.63. The highest BCUT2D eigenvalue weighted by Gasteiger charge is 2.13. The standard InChI is InChI=1S/C11H24N2OS6/c12-11(13)19-4-3-17-7-9(5-15)20-8-10(6-16)18-2-1-14/h9-10,14-16H,1-8H2,(H3,12,13). The number of rotatable bonds is 13. The highest BCUT2D eigenvalue weighted by molar-refractivity contribution is 8.14. The fraction of sp³-hybridized carbons (Fsp3) is 0.909. The van der Waals surface area contributed by atoms with Crippen molar-refractivity contribution < 1.29 is 5.11 Å². The molecule has 0 aliphatic heterocycles. The maximum atomic E-state index is 8.85. The van der Waals surface area contributed by atoms with Gasteiger partial charge in [0.25, 0.3) is 0 Å². The van der Waals surface area contributed by atoms with Gasteiger partial charge >= 0.3 is 0 Å². The highest BCUT2D eigenvalue weighted by atomic mass is 32.2. The Morgan fingerprint density at radius 3 is 2.25 bits per heavy atom. The number of nitrogens with two attached hydrogens (primary N) is 1. The first kappa shape index (κ1) is 21.5. The summed E-state index contributed by atoms with van der Waals surface area (Å²) >= 11 is 15.8. The summed E-state index contributed by atoms with van der Waals surface area (Å²) in [7, 11) is 0. The largest absolute Gasteiger partial charge is 0.396 e. The number of aliphatic hydroxyl groups is 1. The Morgan fingerprint density at radius 1 is 1.05 bits per heavy atom. The summed E-state index contributed by atoms with van der Waals surface area (Å²) in [6.07, 6.45) is 0. The molecule has 0 aromatic carbocycles. The number of thiol groups is 2. The topological polar surface area (TPSA) is 70.1 Å². The van der Waals surface area contributed by atoms with E-state index >= 15 is 0 Å². The van der Waals surface area contributed by atoms with Gasteiger partial charge in [-0.1, -0.05) is 11.8 Å². The Balaban J connectivity index is 3.71. The Labute approximate surface area is 150 Å². The van der Waals surface area contributed by atoms with Crippen molar-refractivity contribution in [2.75, 3.05) is 46.9 Å². The van der Waals surface area contributed by atoms with Crippen LogP contribution in [0.15, 0.2) is 0 Å². The van der Waals surface area contributed by atoms with Crippen LogP contribution in [0.1, 0.15) is 0 Å². The van der Waals surface area contributed by atoms with Crippen molar-refractivity contribution in [3.05, 3.63) is 0 Å². The number of nitrogens with one attached hydrogen (secondary N) is 1. The molecule has 0 aliphatic rings. The average molecular weight is 393 g/mol. The molecular formula is C11H24N2OS6. The molecule has 0 rings (SSSR count). The molecule has 0 bridgehead atoms. The highest BCUT2D eigenvalue weighted by Crippen LogP contribution is 2.24. The van der Waals surface area contributed by atoms with Crippen molar-refractivity contribution in [1.29, 1.82) is 5.41 Å². The van der Waals surface area contributed by atoms with Gasteiger partial charge < -0.3 is 10.8 Å². The number of hydrogen-bond donors (Lipinski definition) is 5. The molecular weight excluding hydrogens is 369 g/mol. The quantitative estimate of drug-likeness (QED) is 0.143. The van der Waals surface area contributed by atoms with Gasteiger partial charge in [0.2, 0.25) is 0 Å². The number of amidine groups is 1. The molecule has 0 spiro atoms. The fourth-order valence-corrected chi connectivity index (χ4v) is 6.56. The Kier molecular flexibility index (Phi) is 16.6.